The van der Waals surface area contributed by atoms with Crippen molar-refractivity contribution in [3.63, 3.8) is 0 Å². The van der Waals surface area contributed by atoms with E-state index in [1.807, 2.05) is 0 Å². The summed E-state index contributed by atoms with van der Waals surface area (Å²) in [5.74, 6) is 0. The van der Waals surface area contributed by atoms with E-state index in [0.29, 0.717) is 10.0 Å². The van der Waals surface area contributed by atoms with Crippen molar-refractivity contribution in [2.24, 2.45) is 0 Å². The van der Waals surface area contributed by atoms with E-state index in [-0.39, 0.29) is 17.1 Å². The van der Waals surface area contributed by atoms with Gasteiger partial charge in [0.15, 0.2) is 0 Å². The number of anilines is 1. The zero-order chi connectivity index (χ0) is 13.2. The molecule has 0 radical (unpaired) electrons. The van der Waals surface area contributed by atoms with Crippen LogP contribution in [0.25, 0.3) is 0 Å². The summed E-state index contributed by atoms with van der Waals surface area (Å²) in [7, 11) is -3.65. The van der Waals surface area contributed by atoms with Crippen LogP contribution in [0.3, 0.4) is 0 Å². The highest BCUT2D eigenvalue weighted by molar-refractivity contribution is 7.89. The Labute approximate surface area is 114 Å². The molecule has 0 fully saturated rings. The average Bonchev–Trinajstić information content (AvgIpc) is 2.78. The molecule has 0 atom stereocenters. The van der Waals surface area contributed by atoms with Crippen LogP contribution in [0.5, 0.6) is 0 Å². The number of benzene rings is 1. The highest BCUT2D eigenvalue weighted by atomic mass is 35.5. The first-order chi connectivity index (χ1) is 8.49. The summed E-state index contributed by atoms with van der Waals surface area (Å²) in [5, 5.41) is 2.86. The zero-order valence-corrected chi connectivity index (χ0v) is 11.5. The Balaban J connectivity index is 2.20. The summed E-state index contributed by atoms with van der Waals surface area (Å²) in [6.45, 7) is 0.141. The Kier molecular flexibility index (Phi) is 3.86. The van der Waals surface area contributed by atoms with E-state index in [9.17, 15) is 8.42 Å². The second-order valence-electron chi connectivity index (χ2n) is 3.43. The van der Waals surface area contributed by atoms with Gasteiger partial charge in [-0.3, -0.25) is 0 Å². The number of halogens is 1. The Morgan fingerprint density at radius 1 is 1.44 bits per heavy atom. The van der Waals surface area contributed by atoms with Crippen LogP contribution in [-0.4, -0.2) is 13.4 Å². The molecule has 0 bridgehead atoms. The molecular weight excluding hydrogens is 294 g/mol. The lowest BCUT2D eigenvalue weighted by Gasteiger charge is -2.08. The molecule has 0 aliphatic carbocycles. The molecule has 2 rings (SSSR count). The summed E-state index contributed by atoms with van der Waals surface area (Å²) in [6.07, 6.45) is 1.62. The molecule has 8 heteroatoms. The molecule has 1 aromatic carbocycles. The average molecular weight is 304 g/mol. The monoisotopic (exact) mass is 303 g/mol. The molecule has 0 saturated carbocycles. The zero-order valence-electron chi connectivity index (χ0n) is 9.13. The highest BCUT2D eigenvalue weighted by Gasteiger charge is 2.17. The lowest BCUT2D eigenvalue weighted by atomic mass is 10.3. The number of thiazole rings is 1. The normalized spacial score (nSPS) is 11.6. The summed E-state index contributed by atoms with van der Waals surface area (Å²) in [5.41, 5.74) is 5.76. The van der Waals surface area contributed by atoms with Gasteiger partial charge >= 0.3 is 0 Å². The maximum absolute atomic E-state index is 12.0. The minimum Gasteiger partial charge on any atom is -0.398 e. The third kappa shape index (κ3) is 2.99. The first kappa shape index (κ1) is 13.3. The van der Waals surface area contributed by atoms with Gasteiger partial charge in [-0.2, -0.15) is 0 Å². The van der Waals surface area contributed by atoms with Crippen molar-refractivity contribution in [2.75, 3.05) is 5.73 Å². The van der Waals surface area contributed by atoms with Crippen LogP contribution in [-0.2, 0) is 16.6 Å². The van der Waals surface area contributed by atoms with Crippen LogP contribution >= 0.6 is 22.9 Å². The van der Waals surface area contributed by atoms with Crippen LogP contribution in [0.4, 0.5) is 5.69 Å². The van der Waals surface area contributed by atoms with E-state index < -0.39 is 10.0 Å². The molecule has 5 nitrogen and oxygen atoms in total. The number of hydrogen-bond acceptors (Lipinski definition) is 5. The quantitative estimate of drug-likeness (QED) is 0.844. The fourth-order valence-corrected chi connectivity index (χ4v) is 3.27. The molecule has 0 aliphatic heterocycles. The van der Waals surface area contributed by atoms with Crippen LogP contribution in [0.15, 0.2) is 34.7 Å². The fraction of sp³-hybridized carbons (Fsp3) is 0.100. The predicted molar refractivity (Wildman–Crippen MR) is 72.0 cm³/mol. The van der Waals surface area contributed by atoms with Gasteiger partial charge < -0.3 is 5.73 Å². The number of aromatic nitrogens is 1. The largest absolute Gasteiger partial charge is 0.398 e. The first-order valence-electron chi connectivity index (χ1n) is 4.92. The van der Waals surface area contributed by atoms with Crippen molar-refractivity contribution in [2.45, 2.75) is 11.4 Å². The van der Waals surface area contributed by atoms with Crippen LogP contribution in [0.2, 0.25) is 5.02 Å². The summed E-state index contributed by atoms with van der Waals surface area (Å²) < 4.78 is 26.4. The predicted octanol–water partition coefficient (Wildman–Crippen LogP) is 1.86. The molecular formula is C10H10ClN3O2S2. The molecule has 1 heterocycles. The number of nitrogen functional groups attached to an aromatic ring is 1. The molecule has 0 aliphatic rings. The highest BCUT2D eigenvalue weighted by Crippen LogP contribution is 2.22. The number of nitrogens with zero attached hydrogens (tertiary/aromatic N) is 1. The van der Waals surface area contributed by atoms with Gasteiger partial charge in [-0.05, 0) is 18.2 Å². The van der Waals surface area contributed by atoms with Gasteiger partial charge in [0, 0.05) is 16.6 Å². The second-order valence-corrected chi connectivity index (χ2v) is 6.58. The molecule has 0 amide bonds. The number of hydrogen-bond donors (Lipinski definition) is 2. The number of rotatable bonds is 4. The van der Waals surface area contributed by atoms with Gasteiger partial charge in [-0.15, -0.1) is 11.3 Å². The van der Waals surface area contributed by atoms with Crippen LogP contribution in [0.1, 0.15) is 5.01 Å². The van der Waals surface area contributed by atoms with Gasteiger partial charge in [-0.25, -0.2) is 18.1 Å². The molecule has 0 unspecified atom stereocenters. The first-order valence-corrected chi connectivity index (χ1v) is 7.66. The molecule has 0 saturated heterocycles. The van der Waals surface area contributed by atoms with Crippen molar-refractivity contribution in [1.82, 2.24) is 9.71 Å². The van der Waals surface area contributed by atoms with Crippen molar-refractivity contribution < 1.29 is 8.42 Å². The van der Waals surface area contributed by atoms with E-state index in [0.717, 1.165) is 0 Å². The molecule has 1 aromatic heterocycles. The summed E-state index contributed by atoms with van der Waals surface area (Å²) >= 11 is 7.10. The molecule has 2 aromatic rings. The van der Waals surface area contributed by atoms with Gasteiger partial charge in [0.05, 0.1) is 12.2 Å². The Morgan fingerprint density at radius 2 is 2.22 bits per heavy atom. The standard InChI is InChI=1S/C10H10ClN3O2S2/c11-7-1-2-9(8(12)5-7)18(15,16)14-6-10-13-3-4-17-10/h1-5,14H,6,12H2. The Bertz CT molecular complexity index is 641. The van der Waals surface area contributed by atoms with E-state index >= 15 is 0 Å². The summed E-state index contributed by atoms with van der Waals surface area (Å²) in [4.78, 5) is 4.01. The Morgan fingerprint density at radius 3 is 2.83 bits per heavy atom. The van der Waals surface area contributed by atoms with Crippen molar-refractivity contribution in [1.29, 1.82) is 0 Å². The topological polar surface area (TPSA) is 85.1 Å². The summed E-state index contributed by atoms with van der Waals surface area (Å²) in [6, 6.07) is 4.26. The fourth-order valence-electron chi connectivity index (χ4n) is 1.34. The van der Waals surface area contributed by atoms with Crippen LogP contribution < -0.4 is 10.5 Å². The number of nitrogens with two attached hydrogens (primary N) is 1. The third-order valence-electron chi connectivity index (χ3n) is 2.16. The second kappa shape index (κ2) is 5.23. The molecule has 96 valence electrons. The van der Waals surface area contributed by atoms with Gasteiger partial charge in [-0.1, -0.05) is 11.6 Å². The third-order valence-corrected chi connectivity index (χ3v) is 4.65. The minimum atomic E-state index is -3.65. The lowest BCUT2D eigenvalue weighted by Crippen LogP contribution is -2.24. The lowest BCUT2D eigenvalue weighted by molar-refractivity contribution is 0.581. The smallest absolute Gasteiger partial charge is 0.242 e. The Hall–Kier alpha value is -1.15. The van der Waals surface area contributed by atoms with Crippen molar-refractivity contribution >= 4 is 38.6 Å². The van der Waals surface area contributed by atoms with Crippen molar-refractivity contribution in [3.05, 3.63) is 39.8 Å². The SMILES string of the molecule is Nc1cc(Cl)ccc1S(=O)(=O)NCc1nccs1. The maximum atomic E-state index is 12.0. The van der Waals surface area contributed by atoms with Crippen molar-refractivity contribution in [3.8, 4) is 0 Å². The molecule has 0 spiro atoms. The maximum Gasteiger partial charge on any atom is 0.242 e. The van der Waals surface area contributed by atoms with E-state index in [4.69, 9.17) is 17.3 Å². The minimum absolute atomic E-state index is 0.0171. The molecule has 18 heavy (non-hydrogen) atoms. The van der Waals surface area contributed by atoms with Gasteiger partial charge in [0.1, 0.15) is 9.90 Å². The van der Waals surface area contributed by atoms with E-state index in [1.54, 1.807) is 11.6 Å². The number of sulfonamides is 1. The van der Waals surface area contributed by atoms with E-state index in [1.165, 1.54) is 29.5 Å². The number of nitrogens with one attached hydrogen (secondary N) is 1. The van der Waals surface area contributed by atoms with Gasteiger partial charge in [0.25, 0.3) is 0 Å². The van der Waals surface area contributed by atoms with Crippen LogP contribution in [0, 0.1) is 0 Å². The van der Waals surface area contributed by atoms with Gasteiger partial charge in [0.2, 0.25) is 10.0 Å². The van der Waals surface area contributed by atoms with E-state index in [2.05, 4.69) is 9.71 Å². The molecule has 3 N–H and O–H groups in total.